The van der Waals surface area contributed by atoms with Crippen LogP contribution in [0.15, 0.2) is 127 Å². The number of fused-ring (bicyclic) bond motifs is 20. The standard InChI is InChI=1S/C41H26N6/c1-23-34-25-15-5-6-16-26(25)36(42-34)33(24-13-3-2-4-14-24)37-28-18-8-10-20-30(28)39(44-37)46-41-32-22-12-11-21-31(32)40(47-41)45-38-29-19-9-7-17-27(29)35(23)43-38/h2-22H,1H3,(H2,43,44,45,46,47). The summed E-state index contributed by atoms with van der Waals surface area (Å²) in [6, 6.07) is 44.1. The molecule has 0 atom stereocenters. The van der Waals surface area contributed by atoms with E-state index in [1.165, 1.54) is 0 Å². The van der Waals surface area contributed by atoms with Gasteiger partial charge in [-0.25, -0.2) is 19.9 Å². The monoisotopic (exact) mass is 602 g/mol. The SMILES string of the molecule is Cc1c2nc(c(-c3ccccc3)c3[nH]c(nc4nc(nc5[nH]c1c1ccccc51)-c1ccccc1-4)c1ccccc31)-c1ccccc1-2. The van der Waals surface area contributed by atoms with E-state index in [9.17, 15) is 0 Å². The fraction of sp³-hybridized carbons (Fsp3) is 0.0244. The third kappa shape index (κ3) is 3.79. The van der Waals surface area contributed by atoms with E-state index in [1.807, 2.05) is 12.1 Å². The van der Waals surface area contributed by atoms with Crippen molar-refractivity contribution in [1.82, 2.24) is 29.9 Å². The molecule has 8 aromatic rings. The van der Waals surface area contributed by atoms with Crippen molar-refractivity contribution in [2.24, 2.45) is 0 Å². The van der Waals surface area contributed by atoms with Gasteiger partial charge in [-0.2, -0.15) is 0 Å². The lowest BCUT2D eigenvalue weighted by molar-refractivity contribution is 1.21. The molecule has 47 heavy (non-hydrogen) atoms. The average Bonchev–Trinajstić information content (AvgIpc) is 3.88. The van der Waals surface area contributed by atoms with Crippen molar-refractivity contribution in [3.05, 3.63) is 133 Å². The van der Waals surface area contributed by atoms with Gasteiger partial charge in [-0.05, 0) is 18.1 Å². The Bertz CT molecular complexity index is 2750. The molecule has 3 aromatic heterocycles. The quantitative estimate of drug-likeness (QED) is 0.196. The van der Waals surface area contributed by atoms with E-state index in [-0.39, 0.29) is 0 Å². The maximum absolute atomic E-state index is 5.51. The summed E-state index contributed by atoms with van der Waals surface area (Å²) >= 11 is 0. The second kappa shape index (κ2) is 9.80. The first-order chi connectivity index (χ1) is 23.2. The number of hydrogen-bond acceptors (Lipinski definition) is 4. The van der Waals surface area contributed by atoms with Gasteiger partial charge in [0, 0.05) is 49.4 Å². The molecule has 0 aliphatic carbocycles. The van der Waals surface area contributed by atoms with Crippen LogP contribution in [0.1, 0.15) is 5.56 Å². The van der Waals surface area contributed by atoms with E-state index in [1.54, 1.807) is 0 Å². The summed E-state index contributed by atoms with van der Waals surface area (Å²) in [5, 5.41) is 4.21. The third-order valence-corrected chi connectivity index (χ3v) is 9.39. The van der Waals surface area contributed by atoms with Crippen LogP contribution in [0.25, 0.3) is 100 Å². The van der Waals surface area contributed by atoms with E-state index in [4.69, 9.17) is 19.9 Å². The second-order valence-corrected chi connectivity index (χ2v) is 12.0. The first kappa shape index (κ1) is 25.9. The molecule has 0 unspecified atom stereocenters. The van der Waals surface area contributed by atoms with Gasteiger partial charge in [0.05, 0.1) is 22.4 Å². The molecule has 2 N–H and O–H groups in total. The average molecular weight is 603 g/mol. The lowest BCUT2D eigenvalue weighted by Crippen LogP contribution is -1.86. The number of rotatable bonds is 1. The molecule has 0 saturated heterocycles. The van der Waals surface area contributed by atoms with Gasteiger partial charge in [-0.15, -0.1) is 0 Å². The Morgan fingerprint density at radius 3 is 1.49 bits per heavy atom. The van der Waals surface area contributed by atoms with Gasteiger partial charge < -0.3 is 9.97 Å². The lowest BCUT2D eigenvalue weighted by Gasteiger charge is -2.07. The van der Waals surface area contributed by atoms with Crippen LogP contribution < -0.4 is 0 Å². The van der Waals surface area contributed by atoms with Gasteiger partial charge in [-0.1, -0.05) is 127 Å². The Morgan fingerprint density at radius 1 is 0.404 bits per heavy atom. The Balaban J connectivity index is 1.50. The van der Waals surface area contributed by atoms with Crippen LogP contribution in [-0.4, -0.2) is 29.9 Å². The largest absolute Gasteiger partial charge is 0.339 e. The molecule has 10 rings (SSSR count). The van der Waals surface area contributed by atoms with Crippen LogP contribution in [0, 0.1) is 6.92 Å². The number of nitrogens with one attached hydrogen (secondary N) is 2. The van der Waals surface area contributed by atoms with Crippen molar-refractivity contribution in [1.29, 1.82) is 0 Å². The Morgan fingerprint density at radius 2 is 0.872 bits per heavy atom. The molecule has 2 aliphatic heterocycles. The molecule has 2 aliphatic rings. The summed E-state index contributed by atoms with van der Waals surface area (Å²) < 4.78 is 0. The molecular formula is C41H26N6. The fourth-order valence-electron chi connectivity index (χ4n) is 7.19. The smallest absolute Gasteiger partial charge is 0.164 e. The number of aromatic nitrogens is 6. The van der Waals surface area contributed by atoms with Crippen molar-refractivity contribution in [3.8, 4) is 56.4 Å². The second-order valence-electron chi connectivity index (χ2n) is 12.0. The summed E-state index contributed by atoms with van der Waals surface area (Å²) in [5.74, 6) is 1.26. The molecule has 0 saturated carbocycles. The highest BCUT2D eigenvalue weighted by Gasteiger charge is 2.25. The Labute approximate surface area is 269 Å². The molecular weight excluding hydrogens is 576 g/mol. The third-order valence-electron chi connectivity index (χ3n) is 9.39. The maximum Gasteiger partial charge on any atom is 0.164 e. The summed E-state index contributed by atoms with van der Waals surface area (Å²) in [6.45, 7) is 2.15. The van der Waals surface area contributed by atoms with E-state index >= 15 is 0 Å². The number of hydrogen-bond donors (Lipinski definition) is 2. The van der Waals surface area contributed by atoms with Gasteiger partial charge in [0.1, 0.15) is 11.3 Å². The van der Waals surface area contributed by atoms with Crippen molar-refractivity contribution >= 4 is 43.9 Å². The molecule has 6 nitrogen and oxygen atoms in total. The van der Waals surface area contributed by atoms with E-state index in [0.29, 0.717) is 11.6 Å². The Kier molecular flexibility index (Phi) is 5.40. The molecule has 0 amide bonds. The summed E-state index contributed by atoms with van der Waals surface area (Å²) in [6.07, 6.45) is 0. The minimum absolute atomic E-state index is 0.629. The van der Waals surface area contributed by atoms with Gasteiger partial charge in [-0.3, -0.25) is 0 Å². The number of H-pyrrole nitrogens is 2. The zero-order valence-electron chi connectivity index (χ0n) is 25.4. The molecule has 5 heterocycles. The van der Waals surface area contributed by atoms with Gasteiger partial charge in [0.15, 0.2) is 11.6 Å². The van der Waals surface area contributed by atoms with Crippen molar-refractivity contribution in [3.63, 3.8) is 0 Å². The summed E-state index contributed by atoms with van der Waals surface area (Å²) in [7, 11) is 0. The maximum atomic E-state index is 5.51. The lowest BCUT2D eigenvalue weighted by atomic mass is 9.96. The van der Waals surface area contributed by atoms with Crippen LogP contribution in [-0.2, 0) is 0 Å². The van der Waals surface area contributed by atoms with Gasteiger partial charge in [0.2, 0.25) is 0 Å². The highest BCUT2D eigenvalue weighted by Crippen LogP contribution is 2.45. The minimum atomic E-state index is 0.629. The number of aryl methyl sites for hydroxylation is 1. The van der Waals surface area contributed by atoms with Gasteiger partial charge >= 0.3 is 0 Å². The zero-order chi connectivity index (χ0) is 31.1. The molecule has 0 fully saturated rings. The molecule has 0 radical (unpaired) electrons. The molecule has 8 bridgehead atoms. The fourth-order valence-corrected chi connectivity index (χ4v) is 7.19. The van der Waals surface area contributed by atoms with Crippen molar-refractivity contribution in [2.75, 3.05) is 0 Å². The number of benzene rings is 5. The Hall–Kier alpha value is -6.40. The highest BCUT2D eigenvalue weighted by molar-refractivity contribution is 6.14. The van der Waals surface area contributed by atoms with Crippen LogP contribution in [0.2, 0.25) is 0 Å². The molecule has 6 heteroatoms. The van der Waals surface area contributed by atoms with Crippen LogP contribution in [0.4, 0.5) is 0 Å². The first-order valence-electron chi connectivity index (χ1n) is 15.8. The summed E-state index contributed by atoms with van der Waals surface area (Å²) in [5.41, 5.74) is 12.6. The first-order valence-corrected chi connectivity index (χ1v) is 15.8. The van der Waals surface area contributed by atoms with Gasteiger partial charge in [0.25, 0.3) is 0 Å². The van der Waals surface area contributed by atoms with Crippen LogP contribution in [0.5, 0.6) is 0 Å². The predicted molar refractivity (Wildman–Crippen MR) is 191 cm³/mol. The van der Waals surface area contributed by atoms with Crippen LogP contribution >= 0.6 is 0 Å². The topological polar surface area (TPSA) is 83.1 Å². The van der Waals surface area contributed by atoms with Crippen molar-refractivity contribution < 1.29 is 0 Å². The zero-order valence-corrected chi connectivity index (χ0v) is 25.4. The number of nitrogens with zero attached hydrogens (tertiary/aromatic N) is 4. The molecule has 220 valence electrons. The van der Waals surface area contributed by atoms with E-state index < -0.39 is 0 Å². The van der Waals surface area contributed by atoms with Crippen molar-refractivity contribution in [2.45, 2.75) is 6.92 Å². The predicted octanol–water partition coefficient (Wildman–Crippen LogP) is 10.1. The molecule has 0 spiro atoms. The van der Waals surface area contributed by atoms with E-state index in [0.717, 1.165) is 94.2 Å². The number of aromatic amines is 2. The normalized spacial score (nSPS) is 11.9. The molecule has 5 aromatic carbocycles. The highest BCUT2D eigenvalue weighted by atomic mass is 15.0. The minimum Gasteiger partial charge on any atom is -0.339 e. The van der Waals surface area contributed by atoms with E-state index in [2.05, 4.69) is 132 Å². The summed E-state index contributed by atoms with van der Waals surface area (Å²) in [4.78, 5) is 28.4. The van der Waals surface area contributed by atoms with Crippen LogP contribution in [0.3, 0.4) is 0 Å².